The summed E-state index contributed by atoms with van der Waals surface area (Å²) in [5.41, 5.74) is 0.154. The Bertz CT molecular complexity index is 3870. The van der Waals surface area contributed by atoms with E-state index in [-0.39, 0.29) is 99.8 Å². The maximum absolute atomic E-state index is 14.6. The largest absolute Gasteiger partial charge is 1.00 e. The van der Waals surface area contributed by atoms with Crippen LogP contribution in [0.15, 0.2) is 48.6 Å². The fourth-order valence-corrected chi connectivity index (χ4v) is 15.4. The first-order chi connectivity index (χ1) is 46.5. The first-order valence-electron chi connectivity index (χ1n) is 35.0. The summed E-state index contributed by atoms with van der Waals surface area (Å²) in [7, 11) is 3.12. The molecule has 10 atom stereocenters. The number of allylic oxidation sites excluding steroid dienone is 2. The summed E-state index contributed by atoms with van der Waals surface area (Å²) in [6.07, 6.45) is 18.5. The third-order valence-electron chi connectivity index (χ3n) is 20.4. The quantitative estimate of drug-likeness (QED) is 0.0728. The zero-order valence-electron chi connectivity index (χ0n) is 60.0. The number of ether oxygens (including phenoxy) is 7. The zero-order chi connectivity index (χ0) is 70.3. The number of aliphatic carboxylic acids is 1. The molecule has 12 rings (SSSR count). The summed E-state index contributed by atoms with van der Waals surface area (Å²) in [4.78, 5) is 132. The van der Waals surface area contributed by atoms with Gasteiger partial charge in [-0.2, -0.15) is 0 Å². The average Bonchev–Trinajstić information content (AvgIpc) is 1.56. The Kier molecular flexibility index (Phi) is 23.2. The van der Waals surface area contributed by atoms with Crippen LogP contribution in [-0.4, -0.2) is 167 Å². The van der Waals surface area contributed by atoms with Crippen LogP contribution in [0.5, 0.6) is 23.3 Å². The van der Waals surface area contributed by atoms with E-state index in [0.717, 1.165) is 73.5 Å². The standard InChI is InChI=1S/C38H50N4O8.C36H46N4O8.Li.H2O/c1-7-48-35(46)38-20-25(38)14-12-10-8-9-11-13-24(19-30(43)49-36(3,4)5)34(45)42-22-37(21-28(42)33(44)41-38)18-17-26-31-27(15-16-29(40-31)47-6)39-23(2)32(26)50-37;1-21-30-24(29-25(37-21)13-14-27(38-29)46-5)15-16-35(48-30)19-26-31(42)39-36(33(44)45)18-23(36)12-10-8-6-7-9-11-22(32(43)40(26)20-35)17-28(41)47-34(2,3)4;;/h12,14-16,24-25,28H,7-11,13,17-22H2,1-6H3,(H,41,44);10,12-14,22-23,26H,6-9,11,15-20H2,1-5H3,(H,39,42)(H,44,45);;1H2/q;;+1;/p-1/b14-12-;12-10-;;/t24-,25-,28+,37-,38-;22-,23-,26+,35-,36-;;/m11../s1. The monoisotopic (exact) mass is 1380 g/mol. The van der Waals surface area contributed by atoms with Crippen molar-refractivity contribution in [3.63, 3.8) is 0 Å². The van der Waals surface area contributed by atoms with Crippen molar-refractivity contribution in [3.8, 4) is 23.3 Å². The molecule has 4 amide bonds. The number of methoxy groups -OCH3 is 2. The fourth-order valence-electron chi connectivity index (χ4n) is 15.4. The van der Waals surface area contributed by atoms with Crippen molar-refractivity contribution in [1.29, 1.82) is 0 Å². The van der Waals surface area contributed by atoms with E-state index < -0.39 is 93.1 Å². The van der Waals surface area contributed by atoms with Crippen molar-refractivity contribution in [3.05, 3.63) is 71.1 Å². The molecular weight excluding hydrogens is 1280 g/mol. The number of carbonyl (C=O) groups excluding carboxylic acids is 7. The Hall–Kier alpha value is -7.88. The molecule has 2 aliphatic carbocycles. The molecular formula is C74H97LiN8O17. The van der Waals surface area contributed by atoms with Gasteiger partial charge in [0.1, 0.15) is 57.1 Å². The van der Waals surface area contributed by atoms with Crippen LogP contribution in [-0.2, 0) is 65.4 Å². The Morgan fingerprint density at radius 3 is 1.44 bits per heavy atom. The predicted molar refractivity (Wildman–Crippen MR) is 362 cm³/mol. The summed E-state index contributed by atoms with van der Waals surface area (Å²) < 4.78 is 41.1. The molecule has 25 nitrogen and oxygen atoms in total. The first kappa shape index (κ1) is 76.3. The number of nitrogens with zero attached hydrogens (tertiary/aromatic N) is 6. The van der Waals surface area contributed by atoms with Gasteiger partial charge in [-0.05, 0) is 151 Å². The molecule has 0 radical (unpaired) electrons. The fraction of sp³-hybridized carbons (Fsp3) is 0.622. The number of pyridine rings is 4. The Balaban J connectivity index is 0.000000229. The number of aryl methyl sites for hydroxylation is 4. The molecule has 4 aromatic heterocycles. The van der Waals surface area contributed by atoms with Gasteiger partial charge in [-0.3, -0.25) is 28.8 Å². The Morgan fingerprint density at radius 1 is 0.610 bits per heavy atom. The molecule has 2 saturated heterocycles. The minimum Gasteiger partial charge on any atom is -0.870 e. The van der Waals surface area contributed by atoms with Gasteiger partial charge in [0.05, 0.1) is 80.2 Å². The molecule has 6 aliphatic heterocycles. The van der Waals surface area contributed by atoms with Crippen molar-refractivity contribution in [1.82, 2.24) is 40.4 Å². The SMILES string of the molecule is CCOC(=O)[C@@]12C[C@H]1/C=C\CCCCC[C@H](CC(=O)OC(C)(C)C)C(=O)N1C[C@@]3(CCc4c(c(C)nc5ccc(OC)nc45)O3)C[C@H]1C(=O)N2.COc1ccc2nc(C)c3c(c2n1)CC[C@]1(C[C@H]2C(=O)N[C@]4(C(=O)O)C[C@H]4/C=C\CCCCC[C@H](CC(=O)OC(C)(C)C)C(=O)N2C1)O3.[Li+].[OH-]. The average molecular weight is 1380 g/mol. The van der Waals surface area contributed by atoms with Crippen LogP contribution in [0.25, 0.3) is 22.1 Å². The molecule has 4 aromatic rings. The molecule has 2 spiro atoms. The van der Waals surface area contributed by atoms with E-state index in [1.54, 1.807) is 79.7 Å². The van der Waals surface area contributed by atoms with Gasteiger partial charge in [0.15, 0.2) is 0 Å². The van der Waals surface area contributed by atoms with Gasteiger partial charge in [0.25, 0.3) is 0 Å². The maximum atomic E-state index is 14.6. The number of amides is 4. The second-order valence-corrected chi connectivity index (χ2v) is 30.1. The molecule has 26 heteroatoms. The van der Waals surface area contributed by atoms with Crippen molar-refractivity contribution in [2.24, 2.45) is 23.7 Å². The van der Waals surface area contributed by atoms with Crippen molar-refractivity contribution in [2.75, 3.05) is 33.9 Å². The van der Waals surface area contributed by atoms with Crippen LogP contribution in [0.1, 0.15) is 187 Å². The topological polar surface area (TPSA) is 334 Å². The molecule has 4 N–H and O–H groups in total. The molecule has 2 saturated carbocycles. The van der Waals surface area contributed by atoms with Crippen molar-refractivity contribution >= 4 is 69.6 Å². The summed E-state index contributed by atoms with van der Waals surface area (Å²) in [6.45, 7) is 16.7. The minimum atomic E-state index is -1.42. The maximum Gasteiger partial charge on any atom is 1.00 e. The zero-order valence-corrected chi connectivity index (χ0v) is 60.0. The summed E-state index contributed by atoms with van der Waals surface area (Å²) >= 11 is 0. The van der Waals surface area contributed by atoms with Gasteiger partial charge >= 0.3 is 42.7 Å². The van der Waals surface area contributed by atoms with E-state index in [1.807, 2.05) is 44.2 Å². The van der Waals surface area contributed by atoms with Crippen molar-refractivity contribution < 1.29 is 101 Å². The number of rotatable bonds is 9. The molecule has 100 heavy (non-hydrogen) atoms. The molecule has 8 aliphatic rings. The van der Waals surface area contributed by atoms with Crippen LogP contribution in [0, 0.1) is 37.5 Å². The molecule has 4 fully saturated rings. The van der Waals surface area contributed by atoms with Gasteiger partial charge in [-0.1, -0.05) is 50.0 Å². The van der Waals surface area contributed by atoms with E-state index in [9.17, 15) is 43.5 Å². The van der Waals surface area contributed by atoms with Crippen LogP contribution in [0.3, 0.4) is 0 Å². The molecule has 0 unspecified atom stereocenters. The van der Waals surface area contributed by atoms with Gasteiger partial charge in [-0.15, -0.1) is 0 Å². The van der Waals surface area contributed by atoms with E-state index in [2.05, 4.69) is 26.7 Å². The molecule has 0 aromatic carbocycles. The second kappa shape index (κ2) is 30.4. The third-order valence-corrected chi connectivity index (χ3v) is 20.4. The molecule has 536 valence electrons. The van der Waals surface area contributed by atoms with Crippen molar-refractivity contribution in [2.45, 2.75) is 236 Å². The third kappa shape index (κ3) is 16.4. The van der Waals surface area contributed by atoms with Gasteiger partial charge in [0.2, 0.25) is 35.4 Å². The summed E-state index contributed by atoms with van der Waals surface area (Å²) in [6, 6.07) is 5.35. The normalized spacial score (nSPS) is 28.8. The van der Waals surface area contributed by atoms with Gasteiger partial charge in [0, 0.05) is 59.8 Å². The first-order valence-corrected chi connectivity index (χ1v) is 35.0. The van der Waals surface area contributed by atoms with Gasteiger partial charge in [-0.25, -0.2) is 29.5 Å². The summed E-state index contributed by atoms with van der Waals surface area (Å²) in [5, 5.41) is 16.1. The summed E-state index contributed by atoms with van der Waals surface area (Å²) in [5.74, 6) is -3.85. The predicted octanol–water partition coefficient (Wildman–Crippen LogP) is 6.18. The number of nitrogens with one attached hydrogen (secondary N) is 2. The van der Waals surface area contributed by atoms with E-state index in [4.69, 9.17) is 43.1 Å². The second-order valence-electron chi connectivity index (χ2n) is 30.1. The number of hydrogen-bond donors (Lipinski definition) is 3. The number of aromatic nitrogens is 4. The Labute approximate surface area is 596 Å². The number of esters is 3. The Morgan fingerprint density at radius 2 is 1.03 bits per heavy atom. The minimum absolute atomic E-state index is 0. The molecule has 10 heterocycles. The number of fused-ring (bicyclic) bond motifs is 10. The number of hydrogen-bond acceptors (Lipinski definition) is 20. The van der Waals surface area contributed by atoms with E-state index in [1.165, 1.54) is 4.90 Å². The number of carbonyl (C=O) groups is 8. The van der Waals surface area contributed by atoms with Crippen LogP contribution >= 0.6 is 0 Å². The van der Waals surface area contributed by atoms with E-state index in [0.29, 0.717) is 90.6 Å². The number of carboxylic acids is 1. The van der Waals surface area contributed by atoms with E-state index >= 15 is 0 Å². The van der Waals surface area contributed by atoms with Gasteiger partial charge < -0.3 is 64.2 Å². The smallest absolute Gasteiger partial charge is 0.870 e. The van der Waals surface area contributed by atoms with Crippen LogP contribution in [0.4, 0.5) is 0 Å². The number of carboxylic acid groups (broad SMARTS) is 1. The van der Waals surface area contributed by atoms with Crippen LogP contribution in [0.2, 0.25) is 0 Å². The molecule has 0 bridgehead atoms. The van der Waals surface area contributed by atoms with Crippen LogP contribution < -0.4 is 48.4 Å².